The summed E-state index contributed by atoms with van der Waals surface area (Å²) in [7, 11) is 1.45. The maximum atomic E-state index is 14.5. The Kier molecular flexibility index (Phi) is 5.93. The highest BCUT2D eigenvalue weighted by molar-refractivity contribution is 5.94. The summed E-state index contributed by atoms with van der Waals surface area (Å²) in [6.45, 7) is 4.43. The van der Waals surface area contributed by atoms with Crippen molar-refractivity contribution in [2.45, 2.75) is 50.8 Å². The van der Waals surface area contributed by atoms with E-state index in [1.54, 1.807) is 0 Å². The first-order chi connectivity index (χ1) is 18.3. The standard InChI is InChI=1S/C26H30FN7O4/c1-14(21-12-33-5-6-38-13-22(33)30-21)17-10-26(17)9-15(24(28)35)3-4-34(26)25(36)20-8-19(31-32-20)16-7-23(37-2)29-11-18(16)27/h7-8,11-12,14-15,17H,3-6,9-10,13H2,1-2H3,(H2,28,35)(H,31,32)/t14-,15?,17?,26?/m0/s1. The molecule has 3 N–H and O–H groups in total. The zero-order valence-corrected chi connectivity index (χ0v) is 21.3. The number of likely N-dealkylation sites (tertiary alicyclic amines) is 1. The molecule has 4 atom stereocenters. The zero-order chi connectivity index (χ0) is 26.6. The maximum Gasteiger partial charge on any atom is 0.274 e. The number of carbonyl (C=O) groups excluding carboxylic acids is 2. The molecule has 0 aromatic carbocycles. The van der Waals surface area contributed by atoms with E-state index in [1.807, 2.05) is 4.90 Å². The van der Waals surface area contributed by atoms with Crippen molar-refractivity contribution in [3.63, 3.8) is 0 Å². The number of aromatic amines is 1. The monoisotopic (exact) mass is 523 g/mol. The lowest BCUT2D eigenvalue weighted by Gasteiger charge is -2.40. The molecule has 0 radical (unpaired) electrons. The molecular weight excluding hydrogens is 493 g/mol. The minimum absolute atomic E-state index is 0.0724. The molecule has 3 unspecified atom stereocenters. The predicted octanol–water partition coefficient (Wildman–Crippen LogP) is 2.25. The minimum atomic E-state index is -0.559. The third-order valence-electron chi connectivity index (χ3n) is 8.37. The number of methoxy groups -OCH3 is 1. The van der Waals surface area contributed by atoms with Crippen LogP contribution in [0.15, 0.2) is 24.5 Å². The van der Waals surface area contributed by atoms with Crippen molar-refractivity contribution in [2.75, 3.05) is 20.3 Å². The smallest absolute Gasteiger partial charge is 0.274 e. The van der Waals surface area contributed by atoms with Crippen molar-refractivity contribution >= 4 is 11.8 Å². The number of amides is 2. The normalized spacial score (nSPS) is 25.2. The van der Waals surface area contributed by atoms with Crippen LogP contribution in [0.25, 0.3) is 11.3 Å². The van der Waals surface area contributed by atoms with E-state index >= 15 is 0 Å². The number of imidazole rings is 1. The van der Waals surface area contributed by atoms with Gasteiger partial charge in [0.1, 0.15) is 12.4 Å². The number of nitrogens with zero attached hydrogens (tertiary/aromatic N) is 5. The number of nitrogens with one attached hydrogen (secondary N) is 1. The average molecular weight is 524 g/mol. The van der Waals surface area contributed by atoms with Crippen LogP contribution < -0.4 is 10.5 Å². The van der Waals surface area contributed by atoms with Crippen LogP contribution >= 0.6 is 0 Å². The van der Waals surface area contributed by atoms with Crippen LogP contribution in [0.2, 0.25) is 0 Å². The van der Waals surface area contributed by atoms with Gasteiger partial charge >= 0.3 is 0 Å². The van der Waals surface area contributed by atoms with Crippen molar-refractivity contribution in [1.82, 2.24) is 29.6 Å². The van der Waals surface area contributed by atoms with Gasteiger partial charge in [-0.15, -0.1) is 0 Å². The zero-order valence-electron chi connectivity index (χ0n) is 21.3. The average Bonchev–Trinajstić information content (AvgIpc) is 3.25. The summed E-state index contributed by atoms with van der Waals surface area (Å²) < 4.78 is 27.2. The van der Waals surface area contributed by atoms with Crippen molar-refractivity contribution < 1.29 is 23.5 Å². The third kappa shape index (κ3) is 4.03. The molecule has 1 saturated heterocycles. The molecule has 2 amide bonds. The number of halogens is 1. The van der Waals surface area contributed by atoms with E-state index in [0.29, 0.717) is 38.3 Å². The fourth-order valence-electron chi connectivity index (χ4n) is 6.18. The number of aromatic nitrogens is 5. The molecule has 3 aliphatic rings. The first-order valence-corrected chi connectivity index (χ1v) is 12.8. The number of piperidine rings is 1. The van der Waals surface area contributed by atoms with Gasteiger partial charge < -0.3 is 24.7 Å². The van der Waals surface area contributed by atoms with E-state index in [9.17, 15) is 14.0 Å². The molecule has 6 rings (SSSR count). The molecule has 200 valence electrons. The van der Waals surface area contributed by atoms with Gasteiger partial charge in [0.15, 0.2) is 11.5 Å². The molecule has 3 aromatic rings. The van der Waals surface area contributed by atoms with E-state index < -0.39 is 11.4 Å². The summed E-state index contributed by atoms with van der Waals surface area (Å²) in [6.07, 6.45) is 4.89. The third-order valence-corrected chi connectivity index (χ3v) is 8.37. The van der Waals surface area contributed by atoms with Crippen molar-refractivity contribution in [2.24, 2.45) is 17.6 Å². The molecule has 1 spiro atoms. The van der Waals surface area contributed by atoms with Gasteiger partial charge in [-0.25, -0.2) is 14.4 Å². The fraction of sp³-hybridized carbons (Fsp3) is 0.500. The number of ether oxygens (including phenoxy) is 2. The van der Waals surface area contributed by atoms with Crippen LogP contribution in [-0.2, 0) is 22.7 Å². The van der Waals surface area contributed by atoms with Crippen LogP contribution in [0.5, 0.6) is 5.88 Å². The van der Waals surface area contributed by atoms with E-state index in [-0.39, 0.29) is 46.7 Å². The number of fused-ring (bicyclic) bond motifs is 1. The van der Waals surface area contributed by atoms with Gasteiger partial charge in [0.25, 0.3) is 5.91 Å². The number of hydrogen-bond acceptors (Lipinski definition) is 7. The molecule has 2 fully saturated rings. The Morgan fingerprint density at radius 1 is 1.32 bits per heavy atom. The van der Waals surface area contributed by atoms with E-state index in [2.05, 4.69) is 32.9 Å². The molecule has 0 bridgehead atoms. The van der Waals surface area contributed by atoms with Gasteiger partial charge in [-0.2, -0.15) is 5.10 Å². The Morgan fingerprint density at radius 3 is 2.92 bits per heavy atom. The van der Waals surface area contributed by atoms with Gasteiger partial charge in [-0.3, -0.25) is 14.7 Å². The second-order valence-corrected chi connectivity index (χ2v) is 10.5. The lowest BCUT2D eigenvalue weighted by Crippen LogP contribution is -2.51. The molecule has 11 nitrogen and oxygen atoms in total. The SMILES string of the molecule is COc1cc(-c2cc(C(=O)N3CCC(C(N)=O)CC34CC4[C@H](C)c3cn4c(n3)COCC4)n[nH]2)c(F)cn1. The Balaban J connectivity index is 1.28. The first-order valence-electron chi connectivity index (χ1n) is 12.8. The summed E-state index contributed by atoms with van der Waals surface area (Å²) in [5, 5.41) is 7.00. The molecule has 2 aliphatic heterocycles. The highest BCUT2D eigenvalue weighted by Gasteiger charge is 2.64. The molecule has 5 heterocycles. The Morgan fingerprint density at radius 2 is 2.16 bits per heavy atom. The quantitative estimate of drug-likeness (QED) is 0.505. The summed E-state index contributed by atoms with van der Waals surface area (Å²) >= 11 is 0. The number of pyridine rings is 1. The summed E-state index contributed by atoms with van der Waals surface area (Å²) in [6, 6.07) is 2.99. The van der Waals surface area contributed by atoms with Crippen LogP contribution in [0.4, 0.5) is 4.39 Å². The highest BCUT2D eigenvalue weighted by atomic mass is 19.1. The van der Waals surface area contributed by atoms with Crippen molar-refractivity contribution in [3.05, 3.63) is 47.6 Å². The Labute approximate surface area is 218 Å². The lowest BCUT2D eigenvalue weighted by molar-refractivity contribution is -0.124. The first kappa shape index (κ1) is 24.5. The largest absolute Gasteiger partial charge is 0.481 e. The van der Waals surface area contributed by atoms with Gasteiger partial charge in [-0.05, 0) is 31.2 Å². The molecular formula is C26H30FN7O4. The molecule has 38 heavy (non-hydrogen) atoms. The summed E-state index contributed by atoms with van der Waals surface area (Å²) in [4.78, 5) is 36.5. The summed E-state index contributed by atoms with van der Waals surface area (Å²) in [5.74, 6) is -0.112. The molecule has 1 saturated carbocycles. The highest BCUT2D eigenvalue weighted by Crippen LogP contribution is 2.60. The molecule has 1 aliphatic carbocycles. The molecule has 3 aromatic heterocycles. The Hall–Kier alpha value is -3.80. The second kappa shape index (κ2) is 9.19. The van der Waals surface area contributed by atoms with Crippen LogP contribution in [-0.4, -0.2) is 67.2 Å². The molecule has 12 heteroatoms. The predicted molar refractivity (Wildman–Crippen MR) is 132 cm³/mol. The van der Waals surface area contributed by atoms with Crippen molar-refractivity contribution in [3.8, 4) is 17.1 Å². The Bertz CT molecular complexity index is 1380. The van der Waals surface area contributed by atoms with Gasteiger partial charge in [0, 0.05) is 48.3 Å². The number of hydrogen-bond donors (Lipinski definition) is 2. The van der Waals surface area contributed by atoms with E-state index in [0.717, 1.165) is 30.7 Å². The number of H-pyrrole nitrogens is 1. The van der Waals surface area contributed by atoms with Crippen LogP contribution in [0, 0.1) is 17.7 Å². The second-order valence-electron chi connectivity index (χ2n) is 10.5. The maximum absolute atomic E-state index is 14.5. The number of carbonyl (C=O) groups is 2. The van der Waals surface area contributed by atoms with Gasteiger partial charge in [0.2, 0.25) is 11.8 Å². The minimum Gasteiger partial charge on any atom is -0.481 e. The lowest BCUT2D eigenvalue weighted by atomic mass is 9.84. The van der Waals surface area contributed by atoms with Gasteiger partial charge in [-0.1, -0.05) is 6.92 Å². The van der Waals surface area contributed by atoms with Crippen LogP contribution in [0.1, 0.15) is 54.1 Å². The fourth-order valence-corrected chi connectivity index (χ4v) is 6.18. The topological polar surface area (TPSA) is 141 Å². The van der Waals surface area contributed by atoms with Crippen molar-refractivity contribution in [1.29, 1.82) is 0 Å². The van der Waals surface area contributed by atoms with E-state index in [4.69, 9.17) is 20.2 Å². The number of nitrogens with two attached hydrogens (primary N) is 1. The van der Waals surface area contributed by atoms with Gasteiger partial charge in [0.05, 0.1) is 31.3 Å². The summed E-state index contributed by atoms with van der Waals surface area (Å²) in [5.41, 5.74) is 6.89. The van der Waals surface area contributed by atoms with Crippen LogP contribution in [0.3, 0.4) is 0 Å². The number of rotatable bonds is 6. The van der Waals surface area contributed by atoms with E-state index in [1.165, 1.54) is 19.2 Å². The number of primary amides is 1.